The number of nitrogens with zero attached hydrogens (tertiary/aromatic N) is 2. The van der Waals surface area contributed by atoms with Crippen LogP contribution < -0.4 is 0 Å². The first kappa shape index (κ1) is 15.5. The molecule has 0 radical (unpaired) electrons. The predicted molar refractivity (Wildman–Crippen MR) is 74.3 cm³/mol. The summed E-state index contributed by atoms with van der Waals surface area (Å²) in [6.07, 6.45) is 7.17. The molecule has 0 aromatic rings. The van der Waals surface area contributed by atoms with E-state index in [9.17, 15) is 5.26 Å². The molecule has 1 rings (SSSR count). The summed E-state index contributed by atoms with van der Waals surface area (Å²) in [6, 6.07) is 2.97. The average molecular weight is 252 g/mol. The van der Waals surface area contributed by atoms with Crippen molar-refractivity contribution in [2.75, 3.05) is 27.3 Å². The molecule has 1 fully saturated rings. The normalized spacial score (nSPS) is 28.3. The molecule has 0 aromatic carbocycles. The maximum absolute atomic E-state index is 9.30. The van der Waals surface area contributed by atoms with Crippen molar-refractivity contribution in [3.63, 3.8) is 0 Å². The van der Waals surface area contributed by atoms with Crippen LogP contribution >= 0.6 is 0 Å². The van der Waals surface area contributed by atoms with E-state index in [4.69, 9.17) is 4.74 Å². The molecule has 18 heavy (non-hydrogen) atoms. The smallest absolute Gasteiger partial charge is 0.0672 e. The van der Waals surface area contributed by atoms with Crippen LogP contribution in [0.3, 0.4) is 0 Å². The van der Waals surface area contributed by atoms with Gasteiger partial charge in [-0.05, 0) is 38.6 Å². The monoisotopic (exact) mass is 252 g/mol. The predicted octanol–water partition coefficient (Wildman–Crippen LogP) is 3.06. The number of hydrogen-bond donors (Lipinski definition) is 0. The molecule has 1 aliphatic carbocycles. The lowest BCUT2D eigenvalue weighted by Gasteiger charge is -2.38. The molecule has 1 saturated carbocycles. The van der Waals surface area contributed by atoms with Gasteiger partial charge < -0.3 is 9.64 Å². The lowest BCUT2D eigenvalue weighted by atomic mass is 9.76. The van der Waals surface area contributed by atoms with Gasteiger partial charge in [0, 0.05) is 26.3 Å². The minimum absolute atomic E-state index is 0.227. The van der Waals surface area contributed by atoms with E-state index in [0.717, 1.165) is 31.9 Å². The van der Waals surface area contributed by atoms with E-state index in [1.165, 1.54) is 25.7 Å². The van der Waals surface area contributed by atoms with Gasteiger partial charge in [-0.2, -0.15) is 5.26 Å². The molecular formula is C15H28N2O. The fourth-order valence-electron chi connectivity index (χ4n) is 3.16. The van der Waals surface area contributed by atoms with Crippen molar-refractivity contribution < 1.29 is 4.74 Å². The molecule has 0 aliphatic heterocycles. The molecular weight excluding hydrogens is 224 g/mol. The molecule has 0 spiro atoms. The number of ether oxygens (including phenoxy) is 1. The summed E-state index contributed by atoms with van der Waals surface area (Å²) in [5.41, 5.74) is 0. The lowest BCUT2D eigenvalue weighted by molar-refractivity contribution is 0.107. The highest BCUT2D eigenvalue weighted by Gasteiger charge is 2.32. The summed E-state index contributed by atoms with van der Waals surface area (Å²) < 4.78 is 5.10. The van der Waals surface area contributed by atoms with Crippen LogP contribution in [-0.2, 0) is 4.74 Å². The van der Waals surface area contributed by atoms with Crippen LogP contribution in [0.1, 0.15) is 45.4 Å². The average Bonchev–Trinajstić information content (AvgIpc) is 2.39. The van der Waals surface area contributed by atoms with Crippen LogP contribution in [0.25, 0.3) is 0 Å². The molecule has 104 valence electrons. The zero-order chi connectivity index (χ0) is 13.4. The molecule has 0 amide bonds. The number of hydrogen-bond acceptors (Lipinski definition) is 3. The lowest BCUT2D eigenvalue weighted by Crippen LogP contribution is -2.42. The van der Waals surface area contributed by atoms with Crippen molar-refractivity contribution in [1.82, 2.24) is 4.90 Å². The Morgan fingerprint density at radius 1 is 1.39 bits per heavy atom. The third-order valence-electron chi connectivity index (χ3n) is 4.21. The van der Waals surface area contributed by atoms with E-state index < -0.39 is 0 Å². The van der Waals surface area contributed by atoms with Gasteiger partial charge in [-0.1, -0.05) is 19.8 Å². The summed E-state index contributed by atoms with van der Waals surface area (Å²) in [7, 11) is 3.91. The van der Waals surface area contributed by atoms with Crippen molar-refractivity contribution >= 4 is 0 Å². The van der Waals surface area contributed by atoms with E-state index in [1.807, 2.05) is 0 Å². The van der Waals surface area contributed by atoms with Crippen molar-refractivity contribution in [2.24, 2.45) is 11.8 Å². The second kappa shape index (κ2) is 8.50. The van der Waals surface area contributed by atoms with Gasteiger partial charge in [-0.15, -0.1) is 0 Å². The number of methoxy groups -OCH3 is 1. The Hall–Kier alpha value is -0.590. The van der Waals surface area contributed by atoms with Crippen molar-refractivity contribution in [3.8, 4) is 6.07 Å². The van der Waals surface area contributed by atoms with Crippen LogP contribution in [0.15, 0.2) is 0 Å². The van der Waals surface area contributed by atoms with Gasteiger partial charge in [-0.25, -0.2) is 0 Å². The van der Waals surface area contributed by atoms with Crippen molar-refractivity contribution in [1.29, 1.82) is 5.26 Å². The molecule has 0 N–H and O–H groups in total. The highest BCUT2D eigenvalue weighted by Crippen LogP contribution is 2.34. The Bertz CT molecular complexity index is 262. The summed E-state index contributed by atoms with van der Waals surface area (Å²) in [6.45, 7) is 4.11. The van der Waals surface area contributed by atoms with Crippen LogP contribution in [0.2, 0.25) is 0 Å². The van der Waals surface area contributed by atoms with Gasteiger partial charge in [0.25, 0.3) is 0 Å². The first-order chi connectivity index (χ1) is 8.72. The zero-order valence-corrected chi connectivity index (χ0v) is 12.2. The molecule has 3 unspecified atom stereocenters. The Morgan fingerprint density at radius 3 is 2.78 bits per heavy atom. The highest BCUT2D eigenvalue weighted by atomic mass is 16.5. The van der Waals surface area contributed by atoms with Gasteiger partial charge in [0.05, 0.1) is 12.0 Å². The first-order valence-corrected chi connectivity index (χ1v) is 7.31. The largest absolute Gasteiger partial charge is 0.385 e. The van der Waals surface area contributed by atoms with E-state index >= 15 is 0 Å². The van der Waals surface area contributed by atoms with Gasteiger partial charge in [0.15, 0.2) is 0 Å². The molecule has 3 atom stereocenters. The third kappa shape index (κ3) is 4.59. The quantitative estimate of drug-likeness (QED) is 0.653. The second-order valence-corrected chi connectivity index (χ2v) is 5.60. The van der Waals surface area contributed by atoms with Gasteiger partial charge in [0.2, 0.25) is 0 Å². The third-order valence-corrected chi connectivity index (χ3v) is 4.21. The van der Waals surface area contributed by atoms with Crippen molar-refractivity contribution in [3.05, 3.63) is 0 Å². The van der Waals surface area contributed by atoms with E-state index in [2.05, 4.69) is 24.9 Å². The zero-order valence-electron chi connectivity index (χ0n) is 12.2. The van der Waals surface area contributed by atoms with Crippen LogP contribution in [0.5, 0.6) is 0 Å². The Balaban J connectivity index is 2.48. The standard InChI is InChI=1S/C15H28N2O/c1-4-6-13-7-8-14(12-16)15(11-13)17(2)9-5-10-18-3/h13-15H,4-11H2,1-3H3. The Morgan fingerprint density at radius 2 is 2.17 bits per heavy atom. The highest BCUT2D eigenvalue weighted by molar-refractivity contribution is 4.97. The van der Waals surface area contributed by atoms with Gasteiger partial charge >= 0.3 is 0 Å². The number of rotatable bonds is 7. The minimum Gasteiger partial charge on any atom is -0.385 e. The van der Waals surface area contributed by atoms with E-state index in [-0.39, 0.29) is 5.92 Å². The fourth-order valence-corrected chi connectivity index (χ4v) is 3.16. The van der Waals surface area contributed by atoms with Crippen LogP contribution in [0, 0.1) is 23.2 Å². The maximum Gasteiger partial charge on any atom is 0.0672 e. The topological polar surface area (TPSA) is 36.3 Å². The van der Waals surface area contributed by atoms with Gasteiger partial charge in [-0.3, -0.25) is 0 Å². The molecule has 0 saturated heterocycles. The first-order valence-electron chi connectivity index (χ1n) is 7.31. The Labute approximate surface area is 112 Å². The fraction of sp³-hybridized carbons (Fsp3) is 0.933. The number of nitriles is 1. The second-order valence-electron chi connectivity index (χ2n) is 5.60. The molecule has 3 heteroatoms. The van der Waals surface area contributed by atoms with Gasteiger partial charge in [0.1, 0.15) is 0 Å². The van der Waals surface area contributed by atoms with Crippen LogP contribution in [-0.4, -0.2) is 38.3 Å². The summed E-state index contributed by atoms with van der Waals surface area (Å²) in [5, 5.41) is 9.30. The summed E-state index contributed by atoms with van der Waals surface area (Å²) in [4.78, 5) is 2.38. The molecule has 3 nitrogen and oxygen atoms in total. The SMILES string of the molecule is CCCC1CCC(C#N)C(N(C)CCCOC)C1. The Kier molecular flexibility index (Phi) is 7.31. The maximum atomic E-state index is 9.30. The molecule has 0 heterocycles. The van der Waals surface area contributed by atoms with Crippen LogP contribution in [0.4, 0.5) is 0 Å². The van der Waals surface area contributed by atoms with Crippen molar-refractivity contribution in [2.45, 2.75) is 51.5 Å². The minimum atomic E-state index is 0.227. The molecule has 1 aliphatic rings. The summed E-state index contributed by atoms with van der Waals surface area (Å²) >= 11 is 0. The van der Waals surface area contributed by atoms with E-state index in [0.29, 0.717) is 6.04 Å². The molecule has 0 aromatic heterocycles. The molecule has 0 bridgehead atoms. The summed E-state index contributed by atoms with van der Waals surface area (Å²) in [5.74, 6) is 1.06. The van der Waals surface area contributed by atoms with E-state index in [1.54, 1.807) is 7.11 Å².